The van der Waals surface area contributed by atoms with Crippen molar-refractivity contribution >= 4 is 23.7 Å². The maximum Gasteiger partial charge on any atom is 0.325 e. The molecule has 0 saturated carbocycles. The van der Waals surface area contributed by atoms with E-state index in [0.717, 1.165) is 5.56 Å². The SMILES string of the molecule is CC(NC(=O)C(Cc1ccc(O)cc1)NC(=O)C(CCCCN)NC(=O)C(N)Cc1ccccc1)C(=O)O. The fraction of sp³-hybridized carbons (Fsp3) is 0.407. The number of aliphatic carboxylic acids is 1. The quantitative estimate of drug-likeness (QED) is 0.159. The topological polar surface area (TPSA) is 197 Å². The predicted octanol–water partition coefficient (Wildman–Crippen LogP) is 0.193. The van der Waals surface area contributed by atoms with Gasteiger partial charge in [0.25, 0.3) is 0 Å². The summed E-state index contributed by atoms with van der Waals surface area (Å²) >= 11 is 0. The van der Waals surface area contributed by atoms with Crippen LogP contribution in [0.2, 0.25) is 0 Å². The number of aromatic hydroxyl groups is 1. The Hall–Kier alpha value is -3.96. The molecule has 2 rings (SSSR count). The third-order valence-electron chi connectivity index (χ3n) is 5.95. The maximum atomic E-state index is 13.3. The summed E-state index contributed by atoms with van der Waals surface area (Å²) in [5.74, 6) is -3.01. The molecule has 38 heavy (non-hydrogen) atoms. The van der Waals surface area contributed by atoms with Gasteiger partial charge < -0.3 is 37.6 Å². The lowest BCUT2D eigenvalue weighted by Crippen LogP contribution is -2.57. The number of phenolic OH excluding ortho intramolecular Hbond substituents is 1. The standard InChI is InChI=1S/C27H37N5O6/c1-17(27(37)38)30-26(36)23(16-19-10-12-20(33)13-11-19)32-25(35)22(9-5-6-14-28)31-24(34)21(29)15-18-7-3-2-4-8-18/h2-4,7-8,10-13,17,21-23,33H,5-6,9,14-16,28-29H2,1H3,(H,30,36)(H,31,34)(H,32,35)(H,37,38). The molecule has 2 aromatic carbocycles. The fourth-order valence-corrected chi connectivity index (χ4v) is 3.73. The van der Waals surface area contributed by atoms with E-state index in [-0.39, 0.29) is 25.0 Å². The predicted molar refractivity (Wildman–Crippen MR) is 142 cm³/mol. The van der Waals surface area contributed by atoms with Gasteiger partial charge in [0.15, 0.2) is 0 Å². The number of benzene rings is 2. The fourth-order valence-electron chi connectivity index (χ4n) is 3.73. The van der Waals surface area contributed by atoms with E-state index >= 15 is 0 Å². The van der Waals surface area contributed by atoms with Gasteiger partial charge >= 0.3 is 5.97 Å². The molecular weight excluding hydrogens is 490 g/mol. The van der Waals surface area contributed by atoms with Crippen LogP contribution in [-0.2, 0) is 32.0 Å². The third kappa shape index (κ3) is 10.2. The van der Waals surface area contributed by atoms with Crippen LogP contribution < -0.4 is 27.4 Å². The van der Waals surface area contributed by atoms with E-state index in [1.165, 1.54) is 19.1 Å². The number of carbonyl (C=O) groups is 4. The molecule has 11 nitrogen and oxygen atoms in total. The van der Waals surface area contributed by atoms with E-state index < -0.39 is 47.9 Å². The van der Waals surface area contributed by atoms with Crippen LogP contribution in [0.15, 0.2) is 54.6 Å². The number of carboxylic acid groups (broad SMARTS) is 1. The number of amides is 3. The Morgan fingerprint density at radius 2 is 1.37 bits per heavy atom. The van der Waals surface area contributed by atoms with Crippen molar-refractivity contribution in [3.63, 3.8) is 0 Å². The van der Waals surface area contributed by atoms with Crippen LogP contribution in [0.4, 0.5) is 0 Å². The number of phenols is 1. The number of hydrogen-bond donors (Lipinski definition) is 7. The first-order valence-corrected chi connectivity index (χ1v) is 12.5. The second-order valence-electron chi connectivity index (χ2n) is 9.14. The summed E-state index contributed by atoms with van der Waals surface area (Å²) in [6.07, 6.45) is 1.76. The van der Waals surface area contributed by atoms with Gasteiger partial charge in [0, 0.05) is 6.42 Å². The largest absolute Gasteiger partial charge is 0.508 e. The lowest BCUT2D eigenvalue weighted by molar-refractivity contribution is -0.141. The highest BCUT2D eigenvalue weighted by molar-refractivity contribution is 5.94. The zero-order chi connectivity index (χ0) is 28.1. The number of nitrogens with one attached hydrogen (secondary N) is 3. The summed E-state index contributed by atoms with van der Waals surface area (Å²) in [5.41, 5.74) is 13.2. The van der Waals surface area contributed by atoms with Crippen molar-refractivity contribution in [1.29, 1.82) is 0 Å². The highest BCUT2D eigenvalue weighted by Gasteiger charge is 2.29. The van der Waals surface area contributed by atoms with Crippen molar-refractivity contribution in [3.05, 3.63) is 65.7 Å². The van der Waals surface area contributed by atoms with Crippen molar-refractivity contribution in [2.45, 2.75) is 63.2 Å². The highest BCUT2D eigenvalue weighted by atomic mass is 16.4. The minimum absolute atomic E-state index is 0.0289. The molecule has 4 unspecified atom stereocenters. The summed E-state index contributed by atoms with van der Waals surface area (Å²) in [4.78, 5) is 50.3. The van der Waals surface area contributed by atoms with E-state index in [1.54, 1.807) is 12.1 Å². The first-order valence-electron chi connectivity index (χ1n) is 12.5. The zero-order valence-electron chi connectivity index (χ0n) is 21.4. The van der Waals surface area contributed by atoms with Crippen LogP contribution in [0.5, 0.6) is 5.75 Å². The molecule has 9 N–H and O–H groups in total. The van der Waals surface area contributed by atoms with Gasteiger partial charge in [0.2, 0.25) is 17.7 Å². The number of carboxylic acids is 1. The summed E-state index contributed by atoms with van der Waals surface area (Å²) in [6.45, 7) is 1.72. The van der Waals surface area contributed by atoms with E-state index in [4.69, 9.17) is 11.5 Å². The molecule has 0 radical (unpaired) electrons. The van der Waals surface area contributed by atoms with E-state index in [9.17, 15) is 29.4 Å². The minimum Gasteiger partial charge on any atom is -0.508 e. The number of hydrogen-bond acceptors (Lipinski definition) is 7. The molecule has 206 valence electrons. The van der Waals surface area contributed by atoms with E-state index in [0.29, 0.717) is 24.9 Å². The Labute approximate surface area is 222 Å². The number of rotatable bonds is 15. The van der Waals surface area contributed by atoms with Crippen LogP contribution in [-0.4, -0.2) is 64.6 Å². The number of carbonyl (C=O) groups excluding carboxylic acids is 3. The first kappa shape index (κ1) is 30.3. The Balaban J connectivity index is 2.17. The van der Waals surface area contributed by atoms with Gasteiger partial charge in [-0.1, -0.05) is 42.5 Å². The van der Waals surface area contributed by atoms with Crippen molar-refractivity contribution in [2.24, 2.45) is 11.5 Å². The molecule has 0 aromatic heterocycles. The molecule has 3 amide bonds. The maximum absolute atomic E-state index is 13.3. The Kier molecular flexibility index (Phi) is 12.2. The van der Waals surface area contributed by atoms with Gasteiger partial charge in [-0.25, -0.2) is 0 Å². The van der Waals surface area contributed by atoms with Crippen molar-refractivity contribution in [2.75, 3.05) is 6.54 Å². The molecule has 2 aromatic rings. The minimum atomic E-state index is -1.23. The molecule has 11 heteroatoms. The normalized spacial score (nSPS) is 14.0. The smallest absolute Gasteiger partial charge is 0.325 e. The highest BCUT2D eigenvalue weighted by Crippen LogP contribution is 2.12. The van der Waals surface area contributed by atoms with Gasteiger partial charge in [-0.2, -0.15) is 0 Å². The van der Waals surface area contributed by atoms with Crippen molar-refractivity contribution in [3.8, 4) is 5.75 Å². The lowest BCUT2D eigenvalue weighted by Gasteiger charge is -2.25. The number of nitrogens with two attached hydrogens (primary N) is 2. The Morgan fingerprint density at radius 1 is 0.789 bits per heavy atom. The average molecular weight is 528 g/mol. The summed E-state index contributed by atoms with van der Waals surface area (Å²) < 4.78 is 0. The second-order valence-corrected chi connectivity index (χ2v) is 9.14. The average Bonchev–Trinajstić information content (AvgIpc) is 2.89. The number of unbranched alkanes of at least 4 members (excludes halogenated alkanes) is 1. The van der Waals surface area contributed by atoms with Gasteiger partial charge in [-0.05, 0) is 62.4 Å². The molecule has 0 bridgehead atoms. The lowest BCUT2D eigenvalue weighted by atomic mass is 10.0. The van der Waals surface area contributed by atoms with Crippen LogP contribution in [0.3, 0.4) is 0 Å². The van der Waals surface area contributed by atoms with Crippen molar-refractivity contribution in [1.82, 2.24) is 16.0 Å². The summed E-state index contributed by atoms with van der Waals surface area (Å²) in [5, 5.41) is 26.4. The molecule has 0 aliphatic rings. The first-order chi connectivity index (χ1) is 18.1. The molecule has 0 fully saturated rings. The summed E-state index contributed by atoms with van der Waals surface area (Å²) in [6, 6.07) is 11.1. The van der Waals surface area contributed by atoms with Crippen LogP contribution in [0, 0.1) is 0 Å². The van der Waals surface area contributed by atoms with Crippen LogP contribution >= 0.6 is 0 Å². The van der Waals surface area contributed by atoms with Crippen molar-refractivity contribution < 1.29 is 29.4 Å². The summed E-state index contributed by atoms with van der Waals surface area (Å²) in [7, 11) is 0. The monoisotopic (exact) mass is 527 g/mol. The third-order valence-corrected chi connectivity index (χ3v) is 5.95. The Morgan fingerprint density at radius 3 is 1.97 bits per heavy atom. The molecule has 0 aliphatic heterocycles. The molecule has 0 heterocycles. The van der Waals surface area contributed by atoms with Gasteiger partial charge in [-0.15, -0.1) is 0 Å². The van der Waals surface area contributed by atoms with E-state index in [2.05, 4.69) is 16.0 Å². The van der Waals surface area contributed by atoms with Gasteiger partial charge in [0.05, 0.1) is 6.04 Å². The van der Waals surface area contributed by atoms with Gasteiger partial charge in [0.1, 0.15) is 23.9 Å². The molecular formula is C27H37N5O6. The molecule has 0 aliphatic carbocycles. The zero-order valence-corrected chi connectivity index (χ0v) is 21.4. The Bertz CT molecular complexity index is 1060. The van der Waals surface area contributed by atoms with Gasteiger partial charge in [-0.3, -0.25) is 19.2 Å². The second kappa shape index (κ2) is 15.3. The molecule has 0 spiro atoms. The molecule has 4 atom stereocenters. The van der Waals surface area contributed by atoms with E-state index in [1.807, 2.05) is 30.3 Å². The van der Waals surface area contributed by atoms with Crippen LogP contribution in [0.1, 0.15) is 37.3 Å². The van der Waals surface area contributed by atoms with Crippen LogP contribution in [0.25, 0.3) is 0 Å². The molecule has 0 saturated heterocycles.